The van der Waals surface area contributed by atoms with Gasteiger partial charge in [0.15, 0.2) is 0 Å². The maximum atomic E-state index is 14.4. The van der Waals surface area contributed by atoms with Gasteiger partial charge in [-0.25, -0.2) is 4.31 Å². The van der Waals surface area contributed by atoms with Crippen molar-refractivity contribution in [3.63, 3.8) is 0 Å². The normalized spacial score (nSPS) is 13.0. The zero-order chi connectivity index (χ0) is 31.0. The van der Waals surface area contributed by atoms with E-state index in [1.165, 1.54) is 19.0 Å². The highest BCUT2D eigenvalue weighted by atomic mass is 79.9. The van der Waals surface area contributed by atoms with E-state index in [-0.39, 0.29) is 24.9 Å². The predicted molar refractivity (Wildman–Crippen MR) is 172 cm³/mol. The Morgan fingerprint density at radius 3 is 2.17 bits per heavy atom. The molecular weight excluding hydrogens is 616 g/mol. The zero-order valence-electron chi connectivity index (χ0n) is 25.2. The van der Waals surface area contributed by atoms with Gasteiger partial charge in [-0.2, -0.15) is 12.7 Å². The Morgan fingerprint density at radius 1 is 0.929 bits per heavy atom. The van der Waals surface area contributed by atoms with Crippen LogP contribution < -0.4 is 9.62 Å². The molecule has 226 valence electrons. The monoisotopic (exact) mass is 656 g/mol. The van der Waals surface area contributed by atoms with Gasteiger partial charge in [0, 0.05) is 37.6 Å². The van der Waals surface area contributed by atoms with Gasteiger partial charge in [0.05, 0.1) is 5.69 Å². The van der Waals surface area contributed by atoms with Crippen molar-refractivity contribution in [2.45, 2.75) is 59.2 Å². The lowest BCUT2D eigenvalue weighted by atomic mass is 10.0. The molecule has 2 atom stereocenters. The van der Waals surface area contributed by atoms with Crippen molar-refractivity contribution in [1.29, 1.82) is 0 Å². The van der Waals surface area contributed by atoms with Gasteiger partial charge >= 0.3 is 10.2 Å². The minimum atomic E-state index is -4.05. The van der Waals surface area contributed by atoms with Crippen LogP contribution in [0.3, 0.4) is 0 Å². The maximum absolute atomic E-state index is 14.4. The van der Waals surface area contributed by atoms with Crippen LogP contribution in [0, 0.1) is 13.8 Å². The molecule has 42 heavy (non-hydrogen) atoms. The highest BCUT2D eigenvalue weighted by molar-refractivity contribution is 9.10. The van der Waals surface area contributed by atoms with Crippen molar-refractivity contribution in [2.24, 2.45) is 0 Å². The quantitative estimate of drug-likeness (QED) is 0.273. The van der Waals surface area contributed by atoms with Crippen LogP contribution in [0.4, 0.5) is 5.69 Å². The number of anilines is 1. The topological polar surface area (TPSA) is 90.0 Å². The molecular formula is C32H41BrN4O4S. The number of nitrogens with one attached hydrogen (secondary N) is 1. The SMILES string of the molecule is CCC(C)NC(=O)C(Cc1ccccc1)N(Cc1ccc(Br)cc1)C(=O)CN(c1cc(C)ccc1C)S(=O)(=O)N(C)C. The summed E-state index contributed by atoms with van der Waals surface area (Å²) in [7, 11) is -1.17. The molecule has 10 heteroatoms. The summed E-state index contributed by atoms with van der Waals surface area (Å²) in [5.41, 5.74) is 3.71. The third kappa shape index (κ3) is 8.65. The lowest BCUT2D eigenvalue weighted by Gasteiger charge is -2.35. The summed E-state index contributed by atoms with van der Waals surface area (Å²) in [6.45, 7) is 7.25. The predicted octanol–water partition coefficient (Wildman–Crippen LogP) is 5.23. The molecule has 1 N–H and O–H groups in total. The number of hydrogen-bond donors (Lipinski definition) is 1. The molecule has 0 aliphatic heterocycles. The molecule has 0 radical (unpaired) electrons. The number of nitrogens with zero attached hydrogens (tertiary/aromatic N) is 3. The lowest BCUT2D eigenvalue weighted by molar-refractivity contribution is -0.140. The number of aryl methyl sites for hydroxylation is 2. The molecule has 0 heterocycles. The van der Waals surface area contributed by atoms with Crippen LogP contribution in [0.15, 0.2) is 77.3 Å². The van der Waals surface area contributed by atoms with Gasteiger partial charge in [0.1, 0.15) is 12.6 Å². The largest absolute Gasteiger partial charge is 0.352 e. The second-order valence-corrected chi connectivity index (χ2v) is 13.7. The maximum Gasteiger partial charge on any atom is 0.304 e. The van der Waals surface area contributed by atoms with E-state index in [1.807, 2.05) is 94.4 Å². The molecule has 0 saturated heterocycles. The number of carbonyl (C=O) groups excluding carboxylic acids is 2. The molecule has 3 aromatic carbocycles. The number of halogens is 1. The Balaban J connectivity index is 2.13. The van der Waals surface area contributed by atoms with E-state index < -0.39 is 28.7 Å². The van der Waals surface area contributed by atoms with E-state index in [4.69, 9.17) is 0 Å². The first-order valence-corrected chi connectivity index (χ1v) is 16.2. The van der Waals surface area contributed by atoms with Crippen molar-refractivity contribution in [2.75, 3.05) is 24.9 Å². The van der Waals surface area contributed by atoms with Crippen molar-refractivity contribution < 1.29 is 18.0 Å². The number of benzene rings is 3. The summed E-state index contributed by atoms with van der Waals surface area (Å²) in [5, 5.41) is 3.05. The van der Waals surface area contributed by atoms with E-state index in [0.29, 0.717) is 11.3 Å². The van der Waals surface area contributed by atoms with Gasteiger partial charge in [0.25, 0.3) is 0 Å². The third-order valence-corrected chi connectivity index (χ3v) is 9.52. The van der Waals surface area contributed by atoms with Crippen LogP contribution in [-0.2, 0) is 32.8 Å². The molecule has 2 unspecified atom stereocenters. The van der Waals surface area contributed by atoms with Gasteiger partial charge in [0.2, 0.25) is 11.8 Å². The minimum absolute atomic E-state index is 0.0963. The van der Waals surface area contributed by atoms with Gasteiger partial charge in [-0.15, -0.1) is 0 Å². The van der Waals surface area contributed by atoms with Crippen molar-refractivity contribution in [3.05, 3.63) is 99.5 Å². The molecule has 3 rings (SSSR count). The molecule has 0 saturated carbocycles. The molecule has 0 fully saturated rings. The Hall–Kier alpha value is -3.21. The standard InChI is InChI=1S/C32H41BrN4O4S/c1-7-25(4)34-32(39)30(20-26-11-9-8-10-12-26)36(21-27-15-17-28(33)18-16-27)31(38)22-37(42(40,41)35(5)6)29-19-23(2)13-14-24(29)3/h8-19,25,30H,7,20-22H2,1-6H3,(H,34,39). The van der Waals surface area contributed by atoms with Crippen LogP contribution >= 0.6 is 15.9 Å². The first-order chi connectivity index (χ1) is 19.8. The van der Waals surface area contributed by atoms with Crippen LogP contribution in [0.5, 0.6) is 0 Å². The molecule has 2 amide bonds. The van der Waals surface area contributed by atoms with Gasteiger partial charge in [-0.3, -0.25) is 9.59 Å². The Bertz CT molecular complexity index is 1460. The smallest absolute Gasteiger partial charge is 0.304 e. The number of amides is 2. The van der Waals surface area contributed by atoms with Crippen LogP contribution in [-0.4, -0.2) is 62.2 Å². The number of hydrogen-bond acceptors (Lipinski definition) is 4. The average molecular weight is 658 g/mol. The van der Waals surface area contributed by atoms with Crippen LogP contribution in [0.25, 0.3) is 0 Å². The van der Waals surface area contributed by atoms with Gasteiger partial charge in [-0.1, -0.05) is 77.5 Å². The molecule has 0 spiro atoms. The summed E-state index contributed by atoms with van der Waals surface area (Å²) >= 11 is 3.46. The first kappa shape index (κ1) is 33.3. The fraction of sp³-hybridized carbons (Fsp3) is 0.375. The third-order valence-electron chi connectivity index (χ3n) is 7.19. The number of carbonyl (C=O) groups is 2. The highest BCUT2D eigenvalue weighted by Crippen LogP contribution is 2.26. The molecule has 0 aliphatic carbocycles. The molecule has 0 bridgehead atoms. The Labute approximate surface area is 259 Å². The summed E-state index contributed by atoms with van der Waals surface area (Å²) in [6, 6.07) is 21.6. The fourth-order valence-electron chi connectivity index (χ4n) is 4.47. The molecule has 3 aromatic rings. The lowest BCUT2D eigenvalue weighted by Crippen LogP contribution is -2.55. The summed E-state index contributed by atoms with van der Waals surface area (Å²) < 4.78 is 30.4. The zero-order valence-corrected chi connectivity index (χ0v) is 27.6. The highest BCUT2D eigenvalue weighted by Gasteiger charge is 2.35. The first-order valence-electron chi connectivity index (χ1n) is 14.0. The van der Waals surface area contributed by atoms with Crippen molar-refractivity contribution in [1.82, 2.24) is 14.5 Å². The van der Waals surface area contributed by atoms with E-state index >= 15 is 0 Å². The molecule has 8 nitrogen and oxygen atoms in total. The van der Waals surface area contributed by atoms with E-state index in [0.717, 1.165) is 36.2 Å². The van der Waals surface area contributed by atoms with E-state index in [1.54, 1.807) is 6.07 Å². The fourth-order valence-corrected chi connectivity index (χ4v) is 5.85. The number of rotatable bonds is 13. The molecule has 0 aliphatic rings. The van der Waals surface area contributed by atoms with Crippen molar-refractivity contribution >= 4 is 43.6 Å². The van der Waals surface area contributed by atoms with E-state index in [2.05, 4.69) is 21.2 Å². The van der Waals surface area contributed by atoms with Gasteiger partial charge in [-0.05, 0) is 67.6 Å². The molecule has 0 aromatic heterocycles. The summed E-state index contributed by atoms with van der Waals surface area (Å²) in [6.07, 6.45) is 1.00. The second-order valence-electron chi connectivity index (χ2n) is 10.8. The second kappa shape index (κ2) is 14.8. The van der Waals surface area contributed by atoms with Crippen LogP contribution in [0.2, 0.25) is 0 Å². The Morgan fingerprint density at radius 2 is 1.57 bits per heavy atom. The van der Waals surface area contributed by atoms with E-state index in [9.17, 15) is 18.0 Å². The van der Waals surface area contributed by atoms with Crippen molar-refractivity contribution in [3.8, 4) is 0 Å². The summed E-state index contributed by atoms with van der Waals surface area (Å²) in [5.74, 6) is -0.767. The Kier molecular flexibility index (Phi) is 11.7. The van der Waals surface area contributed by atoms with Gasteiger partial charge < -0.3 is 10.2 Å². The minimum Gasteiger partial charge on any atom is -0.352 e. The average Bonchev–Trinajstić information content (AvgIpc) is 2.96. The summed E-state index contributed by atoms with van der Waals surface area (Å²) in [4.78, 5) is 29.7. The van der Waals surface area contributed by atoms with Crippen LogP contribution in [0.1, 0.15) is 42.5 Å².